The Morgan fingerprint density at radius 1 is 0.654 bits per heavy atom. The van der Waals surface area contributed by atoms with Crippen LogP contribution in [0.15, 0.2) is 0 Å². The van der Waals surface area contributed by atoms with Crippen LogP contribution in [0, 0.1) is 0 Å². The Morgan fingerprint density at radius 2 is 1.15 bits per heavy atom. The predicted octanol–water partition coefficient (Wildman–Crippen LogP) is 3.66. The Balaban J connectivity index is 3.13. The molecular weight excluding hydrogens is 384 g/mol. The topological polar surface area (TPSA) is 55.4 Å². The van der Waals surface area contributed by atoms with Gasteiger partial charge in [-0.3, -0.25) is 0 Å². The lowest BCUT2D eigenvalue weighted by atomic mass is 9.99. The minimum atomic E-state index is -1.83. The van der Waals surface area contributed by atoms with Crippen LogP contribution in [0.2, 0.25) is 58.9 Å². The Kier molecular flexibility index (Phi) is 8.72. The van der Waals surface area contributed by atoms with Gasteiger partial charge in [0.25, 0.3) is 0 Å². The van der Waals surface area contributed by atoms with Gasteiger partial charge >= 0.3 is 0 Å². The average Bonchev–Trinajstić information content (AvgIpc) is 2.41. The fourth-order valence-corrected chi connectivity index (χ4v) is 5.50. The van der Waals surface area contributed by atoms with E-state index < -0.39 is 31.2 Å². The smallest absolute Gasteiger partial charge is 0.187 e. The van der Waals surface area contributed by atoms with Crippen molar-refractivity contribution in [2.45, 2.75) is 89.6 Å². The normalized spacial score (nSPS) is 31.3. The fourth-order valence-electron chi connectivity index (χ4n) is 2.86. The molecule has 0 aliphatic carbocycles. The first-order valence-electron chi connectivity index (χ1n) is 9.37. The zero-order valence-electron chi connectivity index (χ0n) is 18.5. The van der Waals surface area contributed by atoms with E-state index in [0.717, 1.165) is 0 Å². The molecule has 0 aromatic rings. The molecule has 1 rings (SSSR count). The van der Waals surface area contributed by atoms with Crippen molar-refractivity contribution in [3.8, 4) is 0 Å². The molecule has 0 N–H and O–H groups in total. The highest BCUT2D eigenvalue weighted by molar-refractivity contribution is 6.70. The third-order valence-corrected chi connectivity index (χ3v) is 6.73. The molecule has 1 aliphatic heterocycles. The molecule has 0 saturated carbocycles. The molecule has 0 bridgehead atoms. The summed E-state index contributed by atoms with van der Waals surface area (Å²) in [7, 11) is -1.96. The molecule has 26 heavy (non-hydrogen) atoms. The van der Waals surface area contributed by atoms with E-state index in [0.29, 0.717) is 6.61 Å². The monoisotopic (exact) mass is 424 g/mol. The highest BCUT2D eigenvalue weighted by atomic mass is 28.4. The van der Waals surface area contributed by atoms with Crippen molar-refractivity contribution >= 4 is 25.0 Å². The van der Waals surface area contributed by atoms with Crippen LogP contribution in [0.4, 0.5) is 0 Å². The number of methoxy groups -OCH3 is 2. The van der Waals surface area contributed by atoms with Crippen molar-refractivity contribution < 1.29 is 27.5 Å². The molecule has 9 heteroatoms. The van der Waals surface area contributed by atoms with Crippen molar-refractivity contribution in [2.75, 3.05) is 20.8 Å². The number of ether oxygens (including phenoxy) is 3. The number of hydrogen-bond acceptors (Lipinski definition) is 6. The van der Waals surface area contributed by atoms with Gasteiger partial charge < -0.3 is 27.5 Å². The Labute approximate surface area is 163 Å². The van der Waals surface area contributed by atoms with Crippen LogP contribution in [0.25, 0.3) is 0 Å². The van der Waals surface area contributed by atoms with Gasteiger partial charge in [-0.05, 0) is 58.9 Å². The third-order valence-electron chi connectivity index (χ3n) is 3.78. The molecule has 0 amide bonds. The molecule has 0 radical (unpaired) electrons. The quantitative estimate of drug-likeness (QED) is 0.526. The number of hydrogen-bond donors (Lipinski definition) is 0. The summed E-state index contributed by atoms with van der Waals surface area (Å²) >= 11 is 0. The maximum Gasteiger partial charge on any atom is 0.187 e. The molecular formula is C17H40O6Si3. The molecule has 1 fully saturated rings. The Hall–Kier alpha value is 0.411. The Bertz CT molecular complexity index is 430. The fraction of sp³-hybridized carbons (Fsp3) is 1.00. The van der Waals surface area contributed by atoms with Crippen LogP contribution in [-0.2, 0) is 27.5 Å². The lowest BCUT2D eigenvalue weighted by Gasteiger charge is -2.48. The van der Waals surface area contributed by atoms with Crippen LogP contribution in [0.3, 0.4) is 0 Å². The van der Waals surface area contributed by atoms with Gasteiger partial charge in [0, 0.05) is 14.2 Å². The summed E-state index contributed by atoms with van der Waals surface area (Å²) in [5, 5.41) is 0. The summed E-state index contributed by atoms with van der Waals surface area (Å²) in [6.45, 7) is 19.9. The summed E-state index contributed by atoms with van der Waals surface area (Å²) in [6, 6.07) is 0. The van der Waals surface area contributed by atoms with Gasteiger partial charge in [0.05, 0.1) is 6.61 Å². The molecule has 1 heterocycles. The van der Waals surface area contributed by atoms with E-state index in [9.17, 15) is 0 Å². The van der Waals surface area contributed by atoms with E-state index in [4.69, 9.17) is 27.5 Å². The summed E-state index contributed by atoms with van der Waals surface area (Å²) in [5.41, 5.74) is 0. The SMILES string of the molecule is CO[C@H]1[C@H](O[Si](C)(C)C)[C@@H](OC)C(O[Si](C)(C)C)O[C@@H]1CO[Si](C)(C)C. The van der Waals surface area contributed by atoms with Crippen molar-refractivity contribution in [3.05, 3.63) is 0 Å². The van der Waals surface area contributed by atoms with Crippen LogP contribution < -0.4 is 0 Å². The predicted molar refractivity (Wildman–Crippen MR) is 112 cm³/mol. The van der Waals surface area contributed by atoms with Crippen LogP contribution >= 0.6 is 0 Å². The third kappa shape index (κ3) is 8.19. The van der Waals surface area contributed by atoms with E-state index in [1.165, 1.54) is 0 Å². The first-order valence-corrected chi connectivity index (χ1v) is 19.6. The molecule has 0 aromatic heterocycles. The first kappa shape index (κ1) is 24.4. The molecule has 156 valence electrons. The van der Waals surface area contributed by atoms with E-state index in [1.807, 2.05) is 0 Å². The van der Waals surface area contributed by atoms with Gasteiger partial charge in [-0.1, -0.05) is 0 Å². The van der Waals surface area contributed by atoms with Crippen LogP contribution in [-0.4, -0.2) is 76.5 Å². The van der Waals surface area contributed by atoms with Gasteiger partial charge in [0.1, 0.15) is 24.4 Å². The van der Waals surface area contributed by atoms with E-state index in [2.05, 4.69) is 58.9 Å². The standard InChI is InChI=1S/C17H40O6Si3/c1-18-14-13(12-20-24(3,4)5)21-17(23-26(9,10)11)16(19-2)15(14)22-25(6,7)8/h13-17H,12H2,1-11H3/t13-,14-,15+,16-,17?/m1/s1. The molecule has 5 atom stereocenters. The van der Waals surface area contributed by atoms with Gasteiger partial charge in [0.2, 0.25) is 0 Å². The zero-order valence-corrected chi connectivity index (χ0v) is 21.5. The second-order valence-electron chi connectivity index (χ2n) is 9.79. The molecule has 1 unspecified atom stereocenters. The highest BCUT2D eigenvalue weighted by Gasteiger charge is 2.50. The van der Waals surface area contributed by atoms with Gasteiger partial charge in [-0.15, -0.1) is 0 Å². The summed E-state index contributed by atoms with van der Waals surface area (Å²) < 4.78 is 36.9. The number of rotatable bonds is 9. The van der Waals surface area contributed by atoms with Crippen molar-refractivity contribution in [1.29, 1.82) is 0 Å². The van der Waals surface area contributed by atoms with Crippen LogP contribution in [0.5, 0.6) is 0 Å². The lowest BCUT2D eigenvalue weighted by Crippen LogP contribution is -2.64. The van der Waals surface area contributed by atoms with Crippen molar-refractivity contribution in [2.24, 2.45) is 0 Å². The van der Waals surface area contributed by atoms with E-state index in [-0.39, 0.29) is 24.4 Å². The molecule has 1 saturated heterocycles. The zero-order chi connectivity index (χ0) is 20.3. The molecule has 1 aliphatic rings. The maximum absolute atomic E-state index is 6.49. The van der Waals surface area contributed by atoms with Gasteiger partial charge in [-0.25, -0.2) is 0 Å². The Morgan fingerprint density at radius 3 is 1.54 bits per heavy atom. The second-order valence-corrected chi connectivity index (χ2v) is 23.2. The lowest BCUT2D eigenvalue weighted by molar-refractivity contribution is -0.285. The van der Waals surface area contributed by atoms with E-state index in [1.54, 1.807) is 14.2 Å². The highest BCUT2D eigenvalue weighted by Crippen LogP contribution is 2.32. The van der Waals surface area contributed by atoms with Gasteiger partial charge in [0.15, 0.2) is 31.2 Å². The molecule has 0 spiro atoms. The average molecular weight is 425 g/mol. The van der Waals surface area contributed by atoms with E-state index >= 15 is 0 Å². The van der Waals surface area contributed by atoms with Crippen molar-refractivity contribution in [3.63, 3.8) is 0 Å². The van der Waals surface area contributed by atoms with Crippen LogP contribution in [0.1, 0.15) is 0 Å². The summed E-state index contributed by atoms with van der Waals surface area (Å²) in [6.07, 6.45) is -1.57. The van der Waals surface area contributed by atoms with Gasteiger partial charge in [-0.2, -0.15) is 0 Å². The minimum absolute atomic E-state index is 0.248. The summed E-state index contributed by atoms with van der Waals surface area (Å²) in [5.74, 6) is 0. The maximum atomic E-state index is 6.49. The molecule has 6 nitrogen and oxygen atoms in total. The second kappa shape index (κ2) is 9.27. The first-order chi connectivity index (χ1) is 11.7. The summed E-state index contributed by atoms with van der Waals surface area (Å²) in [4.78, 5) is 0. The molecule has 0 aromatic carbocycles. The minimum Gasteiger partial charge on any atom is -0.415 e. The van der Waals surface area contributed by atoms with Crippen molar-refractivity contribution in [1.82, 2.24) is 0 Å². The largest absolute Gasteiger partial charge is 0.415 e.